The number of carbonyl (C=O) groups is 2. The van der Waals surface area contributed by atoms with Crippen LogP contribution in [0.5, 0.6) is 5.75 Å². The van der Waals surface area contributed by atoms with Crippen LogP contribution in [0.25, 0.3) is 0 Å². The van der Waals surface area contributed by atoms with Crippen LogP contribution in [0, 0.1) is 0 Å². The molecule has 1 unspecified atom stereocenters. The number of benzene rings is 1. The number of nitrogens with one attached hydrogen (secondary N) is 1. The lowest BCUT2D eigenvalue weighted by Crippen LogP contribution is -2.30. The largest absolute Gasteiger partial charge is 0.504 e. The minimum absolute atomic E-state index is 0.0206. The third kappa shape index (κ3) is 4.78. The van der Waals surface area contributed by atoms with Crippen molar-refractivity contribution in [1.29, 1.82) is 0 Å². The molecule has 0 aliphatic heterocycles. The van der Waals surface area contributed by atoms with Gasteiger partial charge in [0.15, 0.2) is 0 Å². The van der Waals surface area contributed by atoms with Crippen LogP contribution in [0.4, 0.5) is 19.1 Å². The van der Waals surface area contributed by atoms with Gasteiger partial charge < -0.3 is 10.5 Å². The molecule has 1 atom stereocenters. The first-order valence-corrected chi connectivity index (χ1v) is 9.21. The number of nitrogens with zero attached hydrogens (tertiary/aromatic N) is 2. The van der Waals surface area contributed by atoms with E-state index in [-0.39, 0.29) is 22.8 Å². The van der Waals surface area contributed by atoms with E-state index in [1.807, 2.05) is 0 Å². The maximum absolute atomic E-state index is 12.5. The lowest BCUT2D eigenvalue weighted by molar-refractivity contribution is -0.135. The van der Waals surface area contributed by atoms with Crippen LogP contribution in [-0.2, 0) is 14.6 Å². The van der Waals surface area contributed by atoms with Crippen LogP contribution >= 0.6 is 11.5 Å². The van der Waals surface area contributed by atoms with E-state index in [2.05, 4.69) is 14.7 Å². The molecular formula is C13H11F3N4O5S2. The Hall–Kier alpha value is -2.58. The molecule has 14 heteroatoms. The summed E-state index contributed by atoms with van der Waals surface area (Å²) in [5.74, 6) is -1.97. The quantitative estimate of drug-likeness (QED) is 0.541. The highest BCUT2D eigenvalue weighted by molar-refractivity contribution is 7.94. The zero-order valence-corrected chi connectivity index (χ0v) is 15.0. The average Bonchev–Trinajstić information content (AvgIpc) is 3.03. The molecular weight excluding hydrogens is 413 g/mol. The lowest BCUT2D eigenvalue weighted by Gasteiger charge is -2.07. The molecule has 0 fully saturated rings. The Balaban J connectivity index is 2.09. The maximum Gasteiger partial charge on any atom is 0.504 e. The first-order chi connectivity index (χ1) is 12.4. The van der Waals surface area contributed by atoms with Gasteiger partial charge in [0.05, 0.1) is 0 Å². The van der Waals surface area contributed by atoms with E-state index in [1.54, 1.807) is 0 Å². The fourth-order valence-corrected chi connectivity index (χ4v) is 3.10. The predicted molar refractivity (Wildman–Crippen MR) is 86.8 cm³/mol. The van der Waals surface area contributed by atoms with Crippen molar-refractivity contribution in [3.8, 4) is 5.75 Å². The van der Waals surface area contributed by atoms with Crippen molar-refractivity contribution in [3.05, 3.63) is 29.8 Å². The molecule has 0 bridgehead atoms. The number of sulfone groups is 1. The molecule has 146 valence electrons. The molecule has 1 aromatic heterocycles. The second-order valence-electron chi connectivity index (χ2n) is 5.02. The number of ether oxygens (including phenoxy) is 1. The van der Waals surface area contributed by atoms with E-state index in [4.69, 9.17) is 10.5 Å². The van der Waals surface area contributed by atoms with Gasteiger partial charge in [-0.05, 0) is 31.2 Å². The first kappa shape index (κ1) is 20.7. The molecule has 0 saturated heterocycles. The number of aromatic nitrogens is 2. The molecule has 0 aliphatic carbocycles. The summed E-state index contributed by atoms with van der Waals surface area (Å²) in [7, 11) is -5.65. The summed E-state index contributed by atoms with van der Waals surface area (Å²) in [6.45, 7) is 1.43. The zero-order chi connectivity index (χ0) is 20.4. The number of carbonyl (C=O) groups excluding carboxylic acids is 2. The second kappa shape index (κ2) is 7.58. The average molecular weight is 424 g/mol. The van der Waals surface area contributed by atoms with E-state index in [1.165, 1.54) is 31.2 Å². The number of alkyl halides is 3. The zero-order valence-electron chi connectivity index (χ0n) is 13.4. The summed E-state index contributed by atoms with van der Waals surface area (Å²) in [4.78, 5) is 26.6. The monoisotopic (exact) mass is 424 g/mol. The van der Waals surface area contributed by atoms with Gasteiger partial charge in [0, 0.05) is 17.1 Å². The van der Waals surface area contributed by atoms with Crippen molar-refractivity contribution in [3.63, 3.8) is 0 Å². The molecule has 0 spiro atoms. The SMILES string of the molecule is CC(N)C(=O)Oc1ccc(C(=O)Nc2nsc(S(=O)(=O)C(F)(F)F)n2)cc1. The fourth-order valence-electron chi connectivity index (χ4n) is 1.53. The van der Waals surface area contributed by atoms with Crippen molar-refractivity contribution in [2.45, 2.75) is 22.8 Å². The van der Waals surface area contributed by atoms with Gasteiger partial charge in [0.1, 0.15) is 11.8 Å². The van der Waals surface area contributed by atoms with E-state index in [0.717, 1.165) is 0 Å². The van der Waals surface area contributed by atoms with E-state index in [0.29, 0.717) is 0 Å². The van der Waals surface area contributed by atoms with Gasteiger partial charge in [-0.3, -0.25) is 10.1 Å². The van der Waals surface area contributed by atoms with Gasteiger partial charge in [-0.15, -0.1) is 0 Å². The lowest BCUT2D eigenvalue weighted by atomic mass is 10.2. The van der Waals surface area contributed by atoms with E-state index < -0.39 is 43.6 Å². The topological polar surface area (TPSA) is 141 Å². The summed E-state index contributed by atoms with van der Waals surface area (Å²) in [5.41, 5.74) is -0.150. The molecule has 2 aromatic rings. The number of esters is 1. The van der Waals surface area contributed by atoms with Crippen molar-refractivity contribution in [2.24, 2.45) is 5.73 Å². The molecule has 2 rings (SSSR count). The van der Waals surface area contributed by atoms with Crippen LogP contribution in [0.3, 0.4) is 0 Å². The van der Waals surface area contributed by atoms with Crippen LogP contribution in [0.2, 0.25) is 0 Å². The smallest absolute Gasteiger partial charge is 0.425 e. The fraction of sp³-hybridized carbons (Fsp3) is 0.231. The van der Waals surface area contributed by atoms with Crippen LogP contribution in [0.15, 0.2) is 28.6 Å². The maximum atomic E-state index is 12.5. The van der Waals surface area contributed by atoms with Crippen molar-refractivity contribution < 1.29 is 35.9 Å². The highest BCUT2D eigenvalue weighted by Gasteiger charge is 2.49. The number of hydrogen-bond donors (Lipinski definition) is 2. The first-order valence-electron chi connectivity index (χ1n) is 6.95. The minimum atomic E-state index is -5.65. The Morgan fingerprint density at radius 1 is 1.26 bits per heavy atom. The number of anilines is 1. The highest BCUT2D eigenvalue weighted by atomic mass is 32.2. The summed E-state index contributed by atoms with van der Waals surface area (Å²) in [6, 6.07) is 4.27. The number of nitrogens with two attached hydrogens (primary N) is 1. The molecule has 9 nitrogen and oxygen atoms in total. The Morgan fingerprint density at radius 2 is 1.85 bits per heavy atom. The van der Waals surface area contributed by atoms with Gasteiger partial charge in [-0.2, -0.15) is 22.5 Å². The van der Waals surface area contributed by atoms with Crippen molar-refractivity contribution in [2.75, 3.05) is 5.32 Å². The Morgan fingerprint density at radius 3 is 2.37 bits per heavy atom. The van der Waals surface area contributed by atoms with Gasteiger partial charge in [-0.25, -0.2) is 13.2 Å². The van der Waals surface area contributed by atoms with Crippen molar-refractivity contribution >= 4 is 39.2 Å². The van der Waals surface area contributed by atoms with Crippen molar-refractivity contribution in [1.82, 2.24) is 9.36 Å². The molecule has 0 saturated carbocycles. The number of halogens is 3. The summed E-state index contributed by atoms with van der Waals surface area (Å²) in [5, 5.41) is 2.07. The molecule has 0 aliphatic rings. The summed E-state index contributed by atoms with van der Waals surface area (Å²) < 4.78 is 66.8. The molecule has 0 radical (unpaired) electrons. The predicted octanol–water partition coefficient (Wildman–Crippen LogP) is 1.34. The number of hydrogen-bond acceptors (Lipinski definition) is 9. The molecule has 1 aromatic carbocycles. The third-order valence-corrected chi connectivity index (χ3v) is 5.43. The highest BCUT2D eigenvalue weighted by Crippen LogP contribution is 2.31. The summed E-state index contributed by atoms with van der Waals surface area (Å²) in [6.07, 6.45) is 0. The Labute approximate surface area is 154 Å². The minimum Gasteiger partial charge on any atom is -0.425 e. The van der Waals surface area contributed by atoms with E-state index in [9.17, 15) is 31.2 Å². The third-order valence-electron chi connectivity index (χ3n) is 2.87. The van der Waals surface area contributed by atoms with E-state index >= 15 is 0 Å². The number of amides is 1. The molecule has 1 amide bonds. The van der Waals surface area contributed by atoms with Crippen LogP contribution in [-0.4, -0.2) is 41.2 Å². The Kier molecular flexibility index (Phi) is 5.82. The second-order valence-corrected chi connectivity index (χ2v) is 7.89. The summed E-state index contributed by atoms with van der Waals surface area (Å²) >= 11 is -0.0206. The number of rotatable bonds is 5. The van der Waals surface area contributed by atoms with Gasteiger partial charge in [-0.1, -0.05) is 0 Å². The normalized spacial score (nSPS) is 13.1. The van der Waals surface area contributed by atoms with Gasteiger partial charge in [0.25, 0.3) is 5.91 Å². The Bertz CT molecular complexity index is 955. The van der Waals surface area contributed by atoms with Crippen LogP contribution < -0.4 is 15.8 Å². The van der Waals surface area contributed by atoms with Gasteiger partial charge >= 0.3 is 21.3 Å². The van der Waals surface area contributed by atoms with Gasteiger partial charge in [0.2, 0.25) is 10.3 Å². The standard InChI is InChI=1S/C13H11F3N4O5S2/c1-6(17)10(22)25-8-4-2-7(3-5-8)9(21)18-11-19-12(26-20-11)27(23,24)13(14,15)16/h2-6H,17H2,1H3,(H,18,20,21). The molecule has 1 heterocycles. The molecule has 3 N–H and O–H groups in total. The van der Waals surface area contributed by atoms with Crippen LogP contribution in [0.1, 0.15) is 17.3 Å². The molecule has 27 heavy (non-hydrogen) atoms.